The van der Waals surface area contributed by atoms with E-state index in [1.807, 2.05) is 43.0 Å². The van der Waals surface area contributed by atoms with Crippen molar-refractivity contribution >= 4 is 34.9 Å². The highest BCUT2D eigenvalue weighted by atomic mass is 35.5. The van der Waals surface area contributed by atoms with Crippen molar-refractivity contribution in [1.82, 2.24) is 19.9 Å². The monoisotopic (exact) mass is 469 g/mol. The van der Waals surface area contributed by atoms with Crippen LogP contribution in [0.1, 0.15) is 25.3 Å². The Labute approximate surface area is 198 Å². The van der Waals surface area contributed by atoms with Gasteiger partial charge in [0.2, 0.25) is 5.91 Å². The Morgan fingerprint density at radius 1 is 1.03 bits per heavy atom. The molecule has 0 radical (unpaired) electrons. The molecule has 1 aromatic carbocycles. The molecule has 0 bridgehead atoms. The molecule has 1 aliphatic rings. The fourth-order valence-corrected chi connectivity index (χ4v) is 4.37. The summed E-state index contributed by atoms with van der Waals surface area (Å²) >= 11 is 12.7. The van der Waals surface area contributed by atoms with Gasteiger partial charge in [-0.05, 0) is 37.1 Å². The van der Waals surface area contributed by atoms with Crippen LogP contribution in [0.3, 0.4) is 0 Å². The number of hydrogen-bond acceptors (Lipinski definition) is 5. The Balaban J connectivity index is 1.70. The second-order valence-electron chi connectivity index (χ2n) is 7.86. The van der Waals surface area contributed by atoms with Crippen molar-refractivity contribution in [3.63, 3.8) is 0 Å². The number of halogens is 2. The highest BCUT2D eigenvalue weighted by Gasteiger charge is 2.23. The highest BCUT2D eigenvalue weighted by Crippen LogP contribution is 2.36. The van der Waals surface area contributed by atoms with E-state index in [1.54, 1.807) is 18.6 Å². The summed E-state index contributed by atoms with van der Waals surface area (Å²) in [6.45, 7) is 6.83. The van der Waals surface area contributed by atoms with Crippen molar-refractivity contribution < 1.29 is 4.79 Å². The number of benzene rings is 1. The summed E-state index contributed by atoms with van der Waals surface area (Å²) in [7, 11) is 0. The minimum Gasteiger partial charge on any atom is -0.352 e. The lowest BCUT2D eigenvalue weighted by atomic mass is 10.0. The van der Waals surface area contributed by atoms with Crippen molar-refractivity contribution in [2.24, 2.45) is 0 Å². The van der Waals surface area contributed by atoms with Crippen LogP contribution in [0.15, 0.2) is 42.9 Å². The van der Waals surface area contributed by atoms with Gasteiger partial charge < -0.3 is 9.80 Å². The van der Waals surface area contributed by atoms with Crippen LogP contribution in [-0.4, -0.2) is 51.9 Å². The lowest BCUT2D eigenvalue weighted by Crippen LogP contribution is -2.49. The van der Waals surface area contributed by atoms with E-state index in [1.165, 1.54) is 0 Å². The predicted octanol–water partition coefficient (Wildman–Crippen LogP) is 5.27. The molecule has 6 nitrogen and oxygen atoms in total. The molecule has 3 heterocycles. The number of pyridine rings is 1. The molecular formula is C24H25Cl2N5O. The summed E-state index contributed by atoms with van der Waals surface area (Å²) in [6.07, 6.45) is 6.57. The number of amides is 1. The fraction of sp³-hybridized carbons (Fsp3) is 0.333. The topological polar surface area (TPSA) is 62.2 Å². The van der Waals surface area contributed by atoms with Gasteiger partial charge in [0.15, 0.2) is 0 Å². The quantitative estimate of drug-likeness (QED) is 0.509. The summed E-state index contributed by atoms with van der Waals surface area (Å²) in [5.41, 5.74) is 4.18. The largest absolute Gasteiger partial charge is 0.352 e. The second kappa shape index (κ2) is 9.84. The van der Waals surface area contributed by atoms with Gasteiger partial charge in [-0.25, -0.2) is 4.98 Å². The maximum absolute atomic E-state index is 12.2. The van der Waals surface area contributed by atoms with Crippen molar-refractivity contribution in [1.29, 1.82) is 0 Å². The molecule has 1 saturated heterocycles. The average Bonchev–Trinajstić information content (AvgIpc) is 2.80. The molecule has 0 unspecified atom stereocenters. The van der Waals surface area contributed by atoms with Gasteiger partial charge in [-0.2, -0.15) is 0 Å². The van der Waals surface area contributed by atoms with Crippen LogP contribution in [0, 0.1) is 6.92 Å². The van der Waals surface area contributed by atoms with Gasteiger partial charge in [-0.15, -0.1) is 0 Å². The SMILES string of the molecule is CCCC(=O)N1CCN(c2cnc(-c3ccc(Cl)cc3C)c(-c3ccncc3Cl)n2)CC1. The molecule has 1 fully saturated rings. The van der Waals surface area contributed by atoms with Crippen LogP contribution in [0.2, 0.25) is 10.0 Å². The van der Waals surface area contributed by atoms with Crippen LogP contribution in [0.5, 0.6) is 0 Å². The maximum atomic E-state index is 12.2. The number of hydrogen-bond donors (Lipinski definition) is 0. The lowest BCUT2D eigenvalue weighted by Gasteiger charge is -2.35. The molecule has 0 spiro atoms. The zero-order valence-corrected chi connectivity index (χ0v) is 19.7. The molecule has 8 heteroatoms. The molecule has 4 rings (SSSR count). The van der Waals surface area contributed by atoms with Crippen LogP contribution < -0.4 is 4.90 Å². The third kappa shape index (κ3) is 4.71. The molecule has 0 N–H and O–H groups in total. The predicted molar refractivity (Wildman–Crippen MR) is 129 cm³/mol. The molecule has 3 aromatic rings. The van der Waals surface area contributed by atoms with Crippen LogP contribution >= 0.6 is 23.2 Å². The minimum atomic E-state index is 0.219. The Bertz CT molecular complexity index is 1130. The van der Waals surface area contributed by atoms with E-state index in [-0.39, 0.29) is 5.91 Å². The van der Waals surface area contributed by atoms with Gasteiger partial charge in [0.05, 0.1) is 16.9 Å². The Kier molecular flexibility index (Phi) is 6.92. The Morgan fingerprint density at radius 3 is 2.50 bits per heavy atom. The van der Waals surface area contributed by atoms with E-state index >= 15 is 0 Å². The standard InChI is InChI=1S/C24H25Cl2N5O/c1-3-4-22(32)31-11-9-30(10-12-31)21-15-28-23(18-6-5-17(25)13-16(18)2)24(29-21)19-7-8-27-14-20(19)26/h5-8,13-15H,3-4,9-12H2,1-2H3. The van der Waals surface area contributed by atoms with Gasteiger partial charge >= 0.3 is 0 Å². The zero-order valence-electron chi connectivity index (χ0n) is 18.2. The molecule has 1 aliphatic heterocycles. The number of piperazine rings is 1. The fourth-order valence-electron chi connectivity index (χ4n) is 3.93. The van der Waals surface area contributed by atoms with Gasteiger partial charge in [-0.3, -0.25) is 14.8 Å². The third-order valence-corrected chi connectivity index (χ3v) is 6.19. The molecule has 2 aromatic heterocycles. The van der Waals surface area contributed by atoms with E-state index in [4.69, 9.17) is 33.2 Å². The van der Waals surface area contributed by atoms with E-state index in [9.17, 15) is 4.79 Å². The number of nitrogens with zero attached hydrogens (tertiary/aromatic N) is 5. The van der Waals surface area contributed by atoms with Gasteiger partial charge in [0, 0.05) is 61.1 Å². The first kappa shape index (κ1) is 22.5. The zero-order chi connectivity index (χ0) is 22.7. The van der Waals surface area contributed by atoms with Crippen LogP contribution in [0.4, 0.5) is 5.82 Å². The number of aryl methyl sites for hydroxylation is 1. The lowest BCUT2D eigenvalue weighted by molar-refractivity contribution is -0.131. The van der Waals surface area contributed by atoms with Crippen LogP contribution in [-0.2, 0) is 4.79 Å². The number of carbonyl (C=O) groups is 1. The van der Waals surface area contributed by atoms with Gasteiger partial charge in [0.25, 0.3) is 0 Å². The molecular weight excluding hydrogens is 445 g/mol. The highest BCUT2D eigenvalue weighted by molar-refractivity contribution is 6.33. The van der Waals surface area contributed by atoms with E-state index in [2.05, 4.69) is 9.88 Å². The first-order valence-electron chi connectivity index (χ1n) is 10.7. The first-order chi connectivity index (χ1) is 15.5. The molecule has 166 valence electrons. The molecule has 0 saturated carbocycles. The summed E-state index contributed by atoms with van der Waals surface area (Å²) in [5.74, 6) is 0.988. The summed E-state index contributed by atoms with van der Waals surface area (Å²) in [4.78, 5) is 30.2. The molecule has 0 aliphatic carbocycles. The average molecular weight is 470 g/mol. The van der Waals surface area contributed by atoms with Crippen molar-refractivity contribution in [2.45, 2.75) is 26.7 Å². The Morgan fingerprint density at radius 2 is 1.81 bits per heavy atom. The van der Waals surface area contributed by atoms with Crippen molar-refractivity contribution in [2.75, 3.05) is 31.1 Å². The van der Waals surface area contributed by atoms with Gasteiger partial charge in [-0.1, -0.05) is 36.2 Å². The van der Waals surface area contributed by atoms with Crippen molar-refractivity contribution in [3.05, 3.63) is 58.5 Å². The summed E-state index contributed by atoms with van der Waals surface area (Å²) in [6, 6.07) is 7.57. The molecule has 0 atom stereocenters. The number of carbonyl (C=O) groups excluding carboxylic acids is 1. The third-order valence-electron chi connectivity index (χ3n) is 5.65. The number of aromatic nitrogens is 3. The number of anilines is 1. The normalized spacial score (nSPS) is 14.0. The summed E-state index contributed by atoms with van der Waals surface area (Å²) in [5, 5.41) is 1.19. The first-order valence-corrected chi connectivity index (χ1v) is 11.5. The molecule has 32 heavy (non-hydrogen) atoms. The Hall–Kier alpha value is -2.70. The summed E-state index contributed by atoms with van der Waals surface area (Å²) < 4.78 is 0. The van der Waals surface area contributed by atoms with E-state index in [0.717, 1.165) is 34.6 Å². The van der Waals surface area contributed by atoms with Crippen LogP contribution in [0.25, 0.3) is 22.5 Å². The smallest absolute Gasteiger partial charge is 0.222 e. The number of rotatable bonds is 5. The van der Waals surface area contributed by atoms with E-state index in [0.29, 0.717) is 48.3 Å². The molecule has 1 amide bonds. The minimum absolute atomic E-state index is 0.219. The van der Waals surface area contributed by atoms with Gasteiger partial charge in [0.1, 0.15) is 11.5 Å². The van der Waals surface area contributed by atoms with Crippen molar-refractivity contribution in [3.8, 4) is 22.5 Å². The maximum Gasteiger partial charge on any atom is 0.222 e. The van der Waals surface area contributed by atoms with E-state index < -0.39 is 0 Å². The second-order valence-corrected chi connectivity index (χ2v) is 8.70.